The molecule has 2 rings (SSSR count). The predicted octanol–water partition coefficient (Wildman–Crippen LogP) is 2.38. The van der Waals surface area contributed by atoms with Gasteiger partial charge in [-0.05, 0) is 25.3 Å². The highest BCUT2D eigenvalue weighted by Gasteiger charge is 2.30. The van der Waals surface area contributed by atoms with Gasteiger partial charge in [-0.15, -0.1) is 0 Å². The summed E-state index contributed by atoms with van der Waals surface area (Å²) in [7, 11) is 0. The first-order valence-electron chi connectivity index (χ1n) is 5.99. The number of rotatable bonds is 5. The van der Waals surface area contributed by atoms with Crippen molar-refractivity contribution in [3.05, 3.63) is 35.4 Å². The summed E-state index contributed by atoms with van der Waals surface area (Å²) < 4.78 is 4.87. The van der Waals surface area contributed by atoms with E-state index in [0.29, 0.717) is 6.61 Å². The summed E-state index contributed by atoms with van der Waals surface area (Å²) in [6.45, 7) is 2.19. The number of hydrogen-bond donors (Lipinski definition) is 0. The first-order valence-corrected chi connectivity index (χ1v) is 5.99. The fourth-order valence-electron chi connectivity index (χ4n) is 1.75. The lowest BCUT2D eigenvalue weighted by atomic mass is 10.0. The van der Waals surface area contributed by atoms with E-state index < -0.39 is 0 Å². The van der Waals surface area contributed by atoms with E-state index in [9.17, 15) is 9.59 Å². The van der Waals surface area contributed by atoms with E-state index in [-0.39, 0.29) is 24.1 Å². The smallest absolute Gasteiger partial charge is 0.310 e. The van der Waals surface area contributed by atoms with Crippen molar-refractivity contribution < 1.29 is 14.3 Å². The molecule has 3 heteroatoms. The number of carbonyl (C=O) groups is 2. The molecule has 17 heavy (non-hydrogen) atoms. The van der Waals surface area contributed by atoms with Gasteiger partial charge in [-0.1, -0.05) is 24.3 Å². The van der Waals surface area contributed by atoms with Gasteiger partial charge in [0.05, 0.1) is 13.0 Å². The van der Waals surface area contributed by atoms with Gasteiger partial charge in [0, 0.05) is 11.5 Å². The number of benzene rings is 1. The Labute approximate surface area is 101 Å². The number of Topliss-reactive ketones (excluding diaryl/α,β-unsaturated/α-hetero) is 1. The number of esters is 1. The normalized spacial score (nSPS) is 14.4. The lowest BCUT2D eigenvalue weighted by molar-refractivity contribution is -0.142. The van der Waals surface area contributed by atoms with Gasteiger partial charge in [0.2, 0.25) is 0 Å². The Morgan fingerprint density at radius 2 is 1.88 bits per heavy atom. The van der Waals surface area contributed by atoms with E-state index in [2.05, 4.69) is 0 Å². The molecule has 1 aliphatic rings. The first kappa shape index (κ1) is 11.8. The number of hydrogen-bond acceptors (Lipinski definition) is 3. The third-order valence-corrected chi connectivity index (χ3v) is 2.84. The van der Waals surface area contributed by atoms with Gasteiger partial charge in [0.25, 0.3) is 0 Å². The summed E-state index contributed by atoms with van der Waals surface area (Å²) in [6.07, 6.45) is 2.30. The molecule has 1 aromatic rings. The Hall–Kier alpha value is -1.64. The predicted molar refractivity (Wildman–Crippen MR) is 63.8 cm³/mol. The molecule has 0 aliphatic heterocycles. The fourth-order valence-corrected chi connectivity index (χ4v) is 1.75. The van der Waals surface area contributed by atoms with Crippen LogP contribution in [-0.2, 0) is 16.0 Å². The second kappa shape index (κ2) is 5.13. The second-order valence-electron chi connectivity index (χ2n) is 4.32. The molecular weight excluding hydrogens is 216 g/mol. The minimum Gasteiger partial charge on any atom is -0.466 e. The zero-order valence-corrected chi connectivity index (χ0v) is 9.94. The van der Waals surface area contributed by atoms with Gasteiger partial charge >= 0.3 is 5.97 Å². The molecule has 0 atom stereocenters. The average Bonchev–Trinajstić information content (AvgIpc) is 3.13. The van der Waals surface area contributed by atoms with E-state index in [1.165, 1.54) is 0 Å². The second-order valence-corrected chi connectivity index (χ2v) is 4.32. The van der Waals surface area contributed by atoms with Crippen LogP contribution < -0.4 is 0 Å². The number of ether oxygens (including phenoxy) is 1. The molecule has 0 amide bonds. The minimum atomic E-state index is -0.228. The zero-order chi connectivity index (χ0) is 12.3. The Morgan fingerprint density at radius 1 is 1.24 bits per heavy atom. The lowest BCUT2D eigenvalue weighted by Gasteiger charge is -2.03. The Bertz CT molecular complexity index is 416. The van der Waals surface area contributed by atoms with Crippen molar-refractivity contribution in [1.82, 2.24) is 0 Å². The summed E-state index contributed by atoms with van der Waals surface area (Å²) in [6, 6.07) is 7.25. The molecule has 1 saturated carbocycles. The highest BCUT2D eigenvalue weighted by molar-refractivity contribution is 5.99. The van der Waals surface area contributed by atoms with Crippen LogP contribution in [0.4, 0.5) is 0 Å². The summed E-state index contributed by atoms with van der Waals surface area (Å²) in [5, 5.41) is 0. The van der Waals surface area contributed by atoms with Crippen molar-refractivity contribution in [2.24, 2.45) is 5.92 Å². The molecule has 0 radical (unpaired) electrons. The average molecular weight is 232 g/mol. The lowest BCUT2D eigenvalue weighted by Crippen LogP contribution is -2.08. The summed E-state index contributed by atoms with van der Waals surface area (Å²) >= 11 is 0. The van der Waals surface area contributed by atoms with Crippen molar-refractivity contribution in [1.29, 1.82) is 0 Å². The molecule has 0 N–H and O–H groups in total. The molecule has 1 aliphatic carbocycles. The van der Waals surface area contributed by atoms with Crippen LogP contribution in [0.3, 0.4) is 0 Å². The molecule has 1 fully saturated rings. The van der Waals surface area contributed by atoms with Gasteiger partial charge in [-0.2, -0.15) is 0 Å². The maximum atomic E-state index is 11.8. The molecule has 0 unspecified atom stereocenters. The molecule has 0 heterocycles. The highest BCUT2D eigenvalue weighted by Crippen LogP contribution is 2.32. The standard InChI is InChI=1S/C14H16O3/c1-2-17-13(15)9-10-3-5-11(6-4-10)14(16)12-7-8-12/h3-6,12H,2,7-9H2,1H3. The fraction of sp³-hybridized carbons (Fsp3) is 0.429. The van der Waals surface area contributed by atoms with Gasteiger partial charge < -0.3 is 4.74 Å². The van der Waals surface area contributed by atoms with E-state index in [1.807, 2.05) is 12.1 Å². The van der Waals surface area contributed by atoms with Gasteiger partial charge in [0.15, 0.2) is 5.78 Å². The van der Waals surface area contributed by atoms with Crippen molar-refractivity contribution >= 4 is 11.8 Å². The Balaban J connectivity index is 1.97. The number of carbonyl (C=O) groups excluding carboxylic acids is 2. The van der Waals surface area contributed by atoms with Gasteiger partial charge in [-0.3, -0.25) is 9.59 Å². The van der Waals surface area contributed by atoms with E-state index in [4.69, 9.17) is 4.74 Å². The van der Waals surface area contributed by atoms with Crippen molar-refractivity contribution in [3.8, 4) is 0 Å². The molecule has 0 aromatic heterocycles. The molecular formula is C14H16O3. The van der Waals surface area contributed by atoms with E-state index >= 15 is 0 Å². The zero-order valence-electron chi connectivity index (χ0n) is 9.94. The van der Waals surface area contributed by atoms with Crippen LogP contribution in [0.15, 0.2) is 24.3 Å². The van der Waals surface area contributed by atoms with Crippen molar-refractivity contribution in [2.45, 2.75) is 26.2 Å². The third kappa shape index (κ3) is 3.16. The number of ketones is 1. The summed E-state index contributed by atoms with van der Waals surface area (Å²) in [4.78, 5) is 23.0. The van der Waals surface area contributed by atoms with Crippen molar-refractivity contribution in [3.63, 3.8) is 0 Å². The largest absolute Gasteiger partial charge is 0.466 e. The highest BCUT2D eigenvalue weighted by atomic mass is 16.5. The molecule has 90 valence electrons. The maximum absolute atomic E-state index is 11.8. The Kier molecular flexibility index (Phi) is 3.57. The van der Waals surface area contributed by atoms with Gasteiger partial charge in [0.1, 0.15) is 0 Å². The van der Waals surface area contributed by atoms with Crippen LogP contribution in [-0.4, -0.2) is 18.4 Å². The monoisotopic (exact) mass is 232 g/mol. The van der Waals surface area contributed by atoms with Crippen molar-refractivity contribution in [2.75, 3.05) is 6.61 Å². The minimum absolute atomic E-state index is 0.228. The van der Waals surface area contributed by atoms with Crippen LogP contribution in [0.5, 0.6) is 0 Å². The van der Waals surface area contributed by atoms with Crippen LogP contribution in [0.25, 0.3) is 0 Å². The SMILES string of the molecule is CCOC(=O)Cc1ccc(C(=O)C2CC2)cc1. The Morgan fingerprint density at radius 3 is 2.41 bits per heavy atom. The van der Waals surface area contributed by atoms with Crippen LogP contribution >= 0.6 is 0 Å². The summed E-state index contributed by atoms with van der Waals surface area (Å²) in [5.41, 5.74) is 1.64. The maximum Gasteiger partial charge on any atom is 0.310 e. The van der Waals surface area contributed by atoms with Gasteiger partial charge in [-0.25, -0.2) is 0 Å². The molecule has 0 spiro atoms. The molecule has 0 bridgehead atoms. The molecule has 3 nitrogen and oxygen atoms in total. The van der Waals surface area contributed by atoms with E-state index in [0.717, 1.165) is 24.0 Å². The van der Waals surface area contributed by atoms with Crippen LogP contribution in [0.1, 0.15) is 35.7 Å². The quantitative estimate of drug-likeness (QED) is 0.578. The molecule has 0 saturated heterocycles. The van der Waals surface area contributed by atoms with E-state index in [1.54, 1.807) is 19.1 Å². The topological polar surface area (TPSA) is 43.4 Å². The third-order valence-electron chi connectivity index (χ3n) is 2.84. The molecule has 1 aromatic carbocycles. The van der Waals surface area contributed by atoms with Crippen LogP contribution in [0.2, 0.25) is 0 Å². The first-order chi connectivity index (χ1) is 8.20. The van der Waals surface area contributed by atoms with Crippen LogP contribution in [0, 0.1) is 5.92 Å². The summed E-state index contributed by atoms with van der Waals surface area (Å²) in [5.74, 6) is 0.243.